The van der Waals surface area contributed by atoms with Crippen molar-refractivity contribution in [3.05, 3.63) is 64.7 Å². The lowest BCUT2D eigenvalue weighted by atomic mass is 10.1. The van der Waals surface area contributed by atoms with Crippen LogP contribution in [-0.2, 0) is 4.79 Å². The highest BCUT2D eigenvalue weighted by Crippen LogP contribution is 2.15. The normalized spacial score (nSPS) is 13.2. The van der Waals surface area contributed by atoms with Crippen molar-refractivity contribution in [3.8, 4) is 0 Å². The van der Waals surface area contributed by atoms with Crippen molar-refractivity contribution in [2.45, 2.75) is 32.9 Å². The van der Waals surface area contributed by atoms with Crippen LogP contribution < -0.4 is 10.6 Å². The lowest BCUT2D eigenvalue weighted by Crippen LogP contribution is -2.91. The maximum Gasteiger partial charge on any atom is 0.282 e. The number of carbonyl (C=O) groups is 2. The van der Waals surface area contributed by atoms with Crippen LogP contribution in [0.5, 0.6) is 0 Å². The highest BCUT2D eigenvalue weighted by Gasteiger charge is 2.20. The molecule has 0 aliphatic carbocycles. The van der Waals surface area contributed by atoms with Gasteiger partial charge in [0.15, 0.2) is 11.8 Å². The van der Waals surface area contributed by atoms with Gasteiger partial charge in [0.2, 0.25) is 0 Å². The van der Waals surface area contributed by atoms with Gasteiger partial charge in [-0.15, -0.1) is 0 Å². The Kier molecular flexibility index (Phi) is 6.12. The third kappa shape index (κ3) is 4.91. The van der Waals surface area contributed by atoms with E-state index < -0.39 is 0 Å². The fourth-order valence-electron chi connectivity index (χ4n) is 2.47. The number of nitrogens with one attached hydrogen (secondary N) is 1. The van der Waals surface area contributed by atoms with Gasteiger partial charge >= 0.3 is 0 Å². The summed E-state index contributed by atoms with van der Waals surface area (Å²) in [5, 5.41) is 5.55. The zero-order valence-electron chi connectivity index (χ0n) is 14.0. The van der Waals surface area contributed by atoms with E-state index in [9.17, 15) is 9.59 Å². The molecule has 0 saturated heterocycles. The molecule has 0 spiro atoms. The van der Waals surface area contributed by atoms with Crippen molar-refractivity contribution in [2.75, 3.05) is 5.32 Å². The van der Waals surface area contributed by atoms with E-state index in [1.54, 1.807) is 24.3 Å². The monoisotopic (exact) mass is 345 g/mol. The van der Waals surface area contributed by atoms with Gasteiger partial charge in [-0.05, 0) is 57.2 Å². The number of hydrogen-bond donors (Lipinski definition) is 2. The van der Waals surface area contributed by atoms with Crippen molar-refractivity contribution in [3.63, 3.8) is 0 Å². The smallest absolute Gasteiger partial charge is 0.282 e. The van der Waals surface area contributed by atoms with Crippen LogP contribution >= 0.6 is 11.6 Å². The van der Waals surface area contributed by atoms with Crippen LogP contribution in [0.25, 0.3) is 0 Å². The van der Waals surface area contributed by atoms with Crippen molar-refractivity contribution in [2.24, 2.45) is 0 Å². The Morgan fingerprint density at radius 3 is 2.33 bits per heavy atom. The van der Waals surface area contributed by atoms with Crippen LogP contribution in [0.3, 0.4) is 0 Å². The number of benzene rings is 2. The van der Waals surface area contributed by atoms with Crippen molar-refractivity contribution >= 4 is 29.0 Å². The molecule has 0 aromatic heterocycles. The van der Waals surface area contributed by atoms with Gasteiger partial charge in [0.05, 0.1) is 0 Å². The molecule has 3 N–H and O–H groups in total. The first-order valence-electron chi connectivity index (χ1n) is 7.89. The van der Waals surface area contributed by atoms with Crippen LogP contribution in [0.15, 0.2) is 48.5 Å². The summed E-state index contributed by atoms with van der Waals surface area (Å²) < 4.78 is 0. The Morgan fingerprint density at radius 1 is 1.08 bits per heavy atom. The second kappa shape index (κ2) is 8.08. The Hall–Kier alpha value is -2.17. The Bertz CT molecular complexity index is 728. The summed E-state index contributed by atoms with van der Waals surface area (Å²) in [6, 6.07) is 14.4. The fraction of sp³-hybridized carbons (Fsp3) is 0.263. The molecular formula is C19H22ClN2O2+. The molecule has 0 fully saturated rings. The first-order chi connectivity index (χ1) is 11.4. The summed E-state index contributed by atoms with van der Waals surface area (Å²) in [4.78, 5) is 23.6. The topological polar surface area (TPSA) is 62.8 Å². The minimum absolute atomic E-state index is 0.00456. The molecule has 5 heteroatoms. The number of nitrogens with two attached hydrogens (primary N) is 1. The molecule has 0 bridgehead atoms. The predicted molar refractivity (Wildman–Crippen MR) is 96.3 cm³/mol. The average molecular weight is 346 g/mol. The number of carbonyl (C=O) groups excluding carboxylic acids is 2. The molecule has 24 heavy (non-hydrogen) atoms. The number of hydrogen-bond acceptors (Lipinski definition) is 2. The van der Waals surface area contributed by atoms with Crippen LogP contribution in [0.4, 0.5) is 5.69 Å². The molecule has 0 saturated carbocycles. The fourth-order valence-corrected chi connectivity index (χ4v) is 2.66. The summed E-state index contributed by atoms with van der Waals surface area (Å²) in [6.07, 6.45) is 0. The lowest BCUT2D eigenvalue weighted by Gasteiger charge is -2.17. The summed E-state index contributed by atoms with van der Waals surface area (Å²) in [5.41, 5.74) is 2.39. The zero-order valence-corrected chi connectivity index (χ0v) is 14.8. The van der Waals surface area contributed by atoms with E-state index in [0.29, 0.717) is 16.3 Å². The van der Waals surface area contributed by atoms with Crippen molar-refractivity contribution in [1.29, 1.82) is 0 Å². The third-order valence-corrected chi connectivity index (χ3v) is 4.16. The molecule has 0 aliphatic heterocycles. The number of anilines is 1. The number of quaternary nitrogens is 1. The zero-order chi connectivity index (χ0) is 17.7. The summed E-state index contributed by atoms with van der Waals surface area (Å²) in [6.45, 7) is 5.42. The highest BCUT2D eigenvalue weighted by atomic mass is 35.5. The van der Waals surface area contributed by atoms with Gasteiger partial charge in [0.25, 0.3) is 5.91 Å². The van der Waals surface area contributed by atoms with Gasteiger partial charge < -0.3 is 10.6 Å². The van der Waals surface area contributed by atoms with E-state index in [4.69, 9.17) is 11.6 Å². The number of halogens is 1. The van der Waals surface area contributed by atoms with Crippen molar-refractivity contribution in [1.82, 2.24) is 0 Å². The van der Waals surface area contributed by atoms with Crippen LogP contribution in [0, 0.1) is 0 Å². The Morgan fingerprint density at radius 2 is 1.75 bits per heavy atom. The lowest BCUT2D eigenvalue weighted by molar-refractivity contribution is -0.709. The van der Waals surface area contributed by atoms with Crippen LogP contribution in [0.1, 0.15) is 42.7 Å². The first kappa shape index (κ1) is 18.2. The van der Waals surface area contributed by atoms with E-state index in [0.717, 1.165) is 5.56 Å². The van der Waals surface area contributed by atoms with Crippen molar-refractivity contribution < 1.29 is 14.9 Å². The number of ketones is 1. The van der Waals surface area contributed by atoms with E-state index in [1.807, 2.05) is 43.4 Å². The summed E-state index contributed by atoms with van der Waals surface area (Å²) >= 11 is 6.01. The molecular weight excluding hydrogens is 324 g/mol. The van der Waals surface area contributed by atoms with E-state index in [1.165, 1.54) is 6.92 Å². The molecule has 2 atom stereocenters. The number of rotatable bonds is 6. The molecule has 0 heterocycles. The van der Waals surface area contributed by atoms with Gasteiger partial charge in [-0.1, -0.05) is 23.7 Å². The highest BCUT2D eigenvalue weighted by molar-refractivity contribution is 6.30. The second-order valence-electron chi connectivity index (χ2n) is 5.95. The molecule has 2 rings (SSSR count). The predicted octanol–water partition coefficient (Wildman–Crippen LogP) is 3.19. The molecule has 2 aromatic rings. The molecule has 0 radical (unpaired) electrons. The number of amides is 1. The number of Topliss-reactive ketones (excluding diaryl/α,β-unsaturated/α-hetero) is 1. The quantitative estimate of drug-likeness (QED) is 0.790. The van der Waals surface area contributed by atoms with Gasteiger partial charge in [-0.3, -0.25) is 9.59 Å². The first-order valence-corrected chi connectivity index (χ1v) is 8.27. The largest absolute Gasteiger partial charge is 0.330 e. The minimum Gasteiger partial charge on any atom is -0.330 e. The minimum atomic E-state index is -0.258. The third-order valence-electron chi connectivity index (χ3n) is 3.92. The average Bonchev–Trinajstić information content (AvgIpc) is 2.55. The molecule has 1 amide bonds. The maximum atomic E-state index is 12.3. The van der Waals surface area contributed by atoms with E-state index >= 15 is 0 Å². The molecule has 0 unspecified atom stereocenters. The molecule has 0 aliphatic rings. The van der Waals surface area contributed by atoms with E-state index in [2.05, 4.69) is 5.32 Å². The van der Waals surface area contributed by atoms with Crippen LogP contribution in [0.2, 0.25) is 5.02 Å². The summed E-state index contributed by atoms with van der Waals surface area (Å²) in [7, 11) is 0. The van der Waals surface area contributed by atoms with Crippen LogP contribution in [-0.4, -0.2) is 17.7 Å². The Labute approximate surface area is 147 Å². The molecule has 2 aromatic carbocycles. The molecule has 4 nitrogen and oxygen atoms in total. The maximum absolute atomic E-state index is 12.3. The van der Waals surface area contributed by atoms with Gasteiger partial charge in [0, 0.05) is 21.8 Å². The second-order valence-corrected chi connectivity index (χ2v) is 6.38. The Balaban J connectivity index is 1.95. The summed E-state index contributed by atoms with van der Waals surface area (Å²) in [5.74, 6) is -0.0793. The standard InChI is InChI=1S/C19H21ClN2O2/c1-12(16-5-4-6-17(20)11-16)21-13(2)19(24)22-18-9-7-15(8-10-18)14(3)23/h4-13,21H,1-3H3,(H,22,24)/p+1/t12-,13-/m1/s1. The van der Waals surface area contributed by atoms with Gasteiger partial charge in [0.1, 0.15) is 6.04 Å². The van der Waals surface area contributed by atoms with Gasteiger partial charge in [-0.25, -0.2) is 0 Å². The molecule has 126 valence electrons. The van der Waals surface area contributed by atoms with Gasteiger partial charge in [-0.2, -0.15) is 0 Å². The SMILES string of the molecule is CC(=O)c1ccc(NC(=O)[C@@H](C)[NH2+][C@H](C)c2cccc(Cl)c2)cc1. The van der Waals surface area contributed by atoms with E-state index in [-0.39, 0.29) is 23.8 Å².